The van der Waals surface area contributed by atoms with E-state index in [0.29, 0.717) is 28.9 Å². The number of nitrogens with zero attached hydrogens (tertiary/aromatic N) is 2. The summed E-state index contributed by atoms with van der Waals surface area (Å²) in [6.07, 6.45) is 0. The van der Waals surface area contributed by atoms with Crippen LogP contribution in [0.4, 0.5) is 5.69 Å². The Morgan fingerprint density at radius 2 is 1.74 bits per heavy atom. The molecule has 3 N–H and O–H groups in total. The van der Waals surface area contributed by atoms with E-state index < -0.39 is 17.9 Å². The van der Waals surface area contributed by atoms with Gasteiger partial charge >= 0.3 is 11.9 Å². The number of ether oxygens (including phenoxy) is 2. The highest BCUT2D eigenvalue weighted by Gasteiger charge is 2.43. The van der Waals surface area contributed by atoms with Crippen molar-refractivity contribution in [2.45, 2.75) is 19.8 Å². The molecule has 0 aromatic heterocycles. The van der Waals surface area contributed by atoms with Gasteiger partial charge in [-0.25, -0.2) is 9.59 Å². The van der Waals surface area contributed by atoms with Crippen molar-refractivity contribution < 1.29 is 23.9 Å². The Kier molecular flexibility index (Phi) is 7.56. The van der Waals surface area contributed by atoms with Gasteiger partial charge in [-0.1, -0.05) is 36.4 Å². The summed E-state index contributed by atoms with van der Waals surface area (Å²) in [4.78, 5) is 40.1. The molecule has 0 aliphatic carbocycles. The summed E-state index contributed by atoms with van der Waals surface area (Å²) in [7, 11) is 2.36. The van der Waals surface area contributed by atoms with Crippen LogP contribution in [0, 0.1) is 18.3 Å². The predicted molar refractivity (Wildman–Crippen MR) is 129 cm³/mol. The third-order valence-corrected chi connectivity index (χ3v) is 5.66. The van der Waals surface area contributed by atoms with E-state index >= 15 is 0 Å². The van der Waals surface area contributed by atoms with E-state index in [1.165, 1.54) is 19.1 Å². The van der Waals surface area contributed by atoms with Crippen LogP contribution in [0.15, 0.2) is 71.2 Å². The van der Waals surface area contributed by atoms with Crippen molar-refractivity contribution in [1.29, 1.82) is 5.26 Å². The summed E-state index contributed by atoms with van der Waals surface area (Å²) in [5.74, 6) is -3.03. The first kappa shape index (κ1) is 25.1. The zero-order valence-electron chi connectivity index (χ0n) is 19.9. The average molecular weight is 475 g/mol. The monoisotopic (exact) mass is 474 g/mol. The van der Waals surface area contributed by atoms with Gasteiger partial charge in [0.2, 0.25) is 0 Å². The number of allylic oxidation sites excluding steroid dienone is 1. The van der Waals surface area contributed by atoms with E-state index in [9.17, 15) is 19.6 Å². The molecule has 0 saturated carbocycles. The quantitative estimate of drug-likeness (QED) is 0.610. The van der Waals surface area contributed by atoms with Crippen molar-refractivity contribution >= 4 is 23.5 Å². The van der Waals surface area contributed by atoms with E-state index in [4.69, 9.17) is 15.2 Å². The number of anilines is 1. The van der Waals surface area contributed by atoms with Gasteiger partial charge in [0.25, 0.3) is 5.91 Å². The molecule has 3 rings (SSSR count). The number of benzene rings is 2. The van der Waals surface area contributed by atoms with Gasteiger partial charge in [0.15, 0.2) is 0 Å². The first-order chi connectivity index (χ1) is 16.8. The number of hydrogen-bond donors (Lipinski definition) is 2. The number of carbonyl (C=O) groups is 3. The maximum atomic E-state index is 13.2. The van der Waals surface area contributed by atoms with Crippen molar-refractivity contribution in [2.24, 2.45) is 5.73 Å². The van der Waals surface area contributed by atoms with E-state index in [1.807, 2.05) is 0 Å². The van der Waals surface area contributed by atoms with Crippen LogP contribution in [0.2, 0.25) is 0 Å². The molecule has 2 aromatic rings. The van der Waals surface area contributed by atoms with Gasteiger partial charge in [0.05, 0.1) is 43.0 Å². The SMILES string of the molecule is CCNC(=O)c1ccc(C)c(N2C(N)=C(C#N)C(c3ccccc3)C(C(=O)OC)=C2C(=O)OC)c1. The molecule has 9 heteroatoms. The van der Waals surface area contributed by atoms with Gasteiger partial charge in [-0.05, 0) is 37.1 Å². The third kappa shape index (κ3) is 4.59. The first-order valence-corrected chi connectivity index (χ1v) is 10.8. The summed E-state index contributed by atoms with van der Waals surface area (Å²) in [5, 5.41) is 12.8. The number of methoxy groups -OCH3 is 2. The number of amides is 1. The van der Waals surface area contributed by atoms with Crippen LogP contribution in [0.25, 0.3) is 0 Å². The minimum atomic E-state index is -0.967. The van der Waals surface area contributed by atoms with Crippen LogP contribution in [-0.2, 0) is 19.1 Å². The molecule has 0 bridgehead atoms. The minimum absolute atomic E-state index is 0.0482. The average Bonchev–Trinajstić information content (AvgIpc) is 2.88. The molecule has 0 fully saturated rings. The molecule has 1 aliphatic rings. The second kappa shape index (κ2) is 10.6. The number of hydrogen-bond acceptors (Lipinski definition) is 8. The molecule has 1 heterocycles. The fraction of sp³-hybridized carbons (Fsp3) is 0.231. The number of aryl methyl sites for hydroxylation is 1. The number of esters is 2. The van der Waals surface area contributed by atoms with E-state index in [0.717, 1.165) is 0 Å². The molecule has 1 amide bonds. The smallest absolute Gasteiger partial charge is 0.355 e. The lowest BCUT2D eigenvalue weighted by molar-refractivity contribution is -0.139. The van der Waals surface area contributed by atoms with E-state index in [1.54, 1.807) is 62.4 Å². The number of nitriles is 1. The van der Waals surface area contributed by atoms with E-state index in [2.05, 4.69) is 11.4 Å². The topological polar surface area (TPSA) is 135 Å². The number of carbonyl (C=O) groups excluding carboxylic acids is 3. The van der Waals surface area contributed by atoms with Crippen molar-refractivity contribution in [3.8, 4) is 6.07 Å². The van der Waals surface area contributed by atoms with Gasteiger partial charge in [-0.15, -0.1) is 0 Å². The second-order valence-electron chi connectivity index (χ2n) is 7.70. The summed E-state index contributed by atoms with van der Waals surface area (Å²) in [5.41, 5.74) is 8.14. The normalized spacial score (nSPS) is 15.4. The molecule has 0 spiro atoms. The Balaban J connectivity index is 2.41. The maximum Gasteiger partial charge on any atom is 0.355 e. The largest absolute Gasteiger partial charge is 0.466 e. The first-order valence-electron chi connectivity index (χ1n) is 10.8. The molecular formula is C26H26N4O5. The van der Waals surface area contributed by atoms with Crippen molar-refractivity contribution in [2.75, 3.05) is 25.7 Å². The third-order valence-electron chi connectivity index (χ3n) is 5.66. The van der Waals surface area contributed by atoms with Crippen LogP contribution in [0.5, 0.6) is 0 Å². The van der Waals surface area contributed by atoms with Crippen LogP contribution in [0.1, 0.15) is 34.3 Å². The molecule has 2 aromatic carbocycles. The molecular weight excluding hydrogens is 448 g/mol. The van der Waals surface area contributed by atoms with Gasteiger partial charge in [0.1, 0.15) is 11.5 Å². The Morgan fingerprint density at radius 3 is 2.31 bits per heavy atom. The molecule has 9 nitrogen and oxygen atoms in total. The van der Waals surface area contributed by atoms with Gasteiger partial charge in [-0.3, -0.25) is 9.69 Å². The summed E-state index contributed by atoms with van der Waals surface area (Å²) in [6, 6.07) is 15.7. The summed E-state index contributed by atoms with van der Waals surface area (Å²) in [6.45, 7) is 3.97. The van der Waals surface area contributed by atoms with Crippen LogP contribution in [-0.4, -0.2) is 38.6 Å². The number of nitrogens with one attached hydrogen (secondary N) is 1. The molecule has 1 unspecified atom stereocenters. The van der Waals surface area contributed by atoms with Crippen molar-refractivity contribution in [1.82, 2.24) is 5.32 Å². The fourth-order valence-corrected chi connectivity index (χ4v) is 4.02. The Labute approximate surface area is 203 Å². The van der Waals surface area contributed by atoms with Gasteiger partial charge in [0, 0.05) is 12.1 Å². The highest BCUT2D eigenvalue weighted by molar-refractivity contribution is 6.07. The van der Waals surface area contributed by atoms with Crippen molar-refractivity contribution in [3.63, 3.8) is 0 Å². The highest BCUT2D eigenvalue weighted by Crippen LogP contribution is 2.43. The zero-order chi connectivity index (χ0) is 25.7. The number of nitrogens with two attached hydrogens (primary N) is 1. The lowest BCUT2D eigenvalue weighted by Crippen LogP contribution is -2.41. The molecule has 180 valence electrons. The zero-order valence-corrected chi connectivity index (χ0v) is 19.9. The summed E-state index contributed by atoms with van der Waals surface area (Å²) < 4.78 is 10.1. The molecule has 1 atom stereocenters. The predicted octanol–water partition coefficient (Wildman–Crippen LogP) is 2.64. The lowest BCUT2D eigenvalue weighted by atomic mass is 9.80. The van der Waals surface area contributed by atoms with Crippen LogP contribution < -0.4 is 16.0 Å². The maximum absolute atomic E-state index is 13.2. The number of rotatable bonds is 6. The van der Waals surface area contributed by atoms with E-state index in [-0.39, 0.29) is 28.6 Å². The van der Waals surface area contributed by atoms with Crippen LogP contribution >= 0.6 is 0 Å². The Bertz CT molecular complexity index is 1270. The summed E-state index contributed by atoms with van der Waals surface area (Å²) >= 11 is 0. The molecule has 35 heavy (non-hydrogen) atoms. The fourth-order valence-electron chi connectivity index (χ4n) is 4.02. The van der Waals surface area contributed by atoms with Crippen LogP contribution in [0.3, 0.4) is 0 Å². The highest BCUT2D eigenvalue weighted by atomic mass is 16.5. The molecule has 0 saturated heterocycles. The second-order valence-corrected chi connectivity index (χ2v) is 7.70. The minimum Gasteiger partial charge on any atom is -0.466 e. The van der Waals surface area contributed by atoms with Crippen molar-refractivity contribution in [3.05, 3.63) is 87.9 Å². The molecule has 1 aliphatic heterocycles. The Hall–Kier alpha value is -4.58. The Morgan fingerprint density at radius 1 is 1.09 bits per heavy atom. The van der Waals surface area contributed by atoms with Gasteiger partial charge < -0.3 is 20.5 Å². The standard InChI is InChI=1S/C26H26N4O5/c1-5-29-24(31)17-12-11-15(2)19(13-17)30-22(26(33)35-4)21(25(32)34-3)20(18(14-27)23(30)28)16-9-7-6-8-10-16/h6-13,20H,5,28H2,1-4H3,(H,29,31). The lowest BCUT2D eigenvalue weighted by Gasteiger charge is -2.36. The van der Waals surface area contributed by atoms with Gasteiger partial charge in [-0.2, -0.15) is 5.26 Å². The molecule has 0 radical (unpaired) electrons.